The molecule has 0 amide bonds. The molecule has 2 aromatic carbocycles. The van der Waals surface area contributed by atoms with Crippen LogP contribution >= 0.6 is 11.8 Å². The summed E-state index contributed by atoms with van der Waals surface area (Å²) in [4.78, 5) is 3.33. The normalized spacial score (nSPS) is 14.3. The number of para-hydroxylation sites is 1. The highest BCUT2D eigenvalue weighted by Gasteiger charge is 2.31. The molecule has 8 heteroatoms. The maximum atomic E-state index is 10.6. The monoisotopic (exact) mass is 476 g/mol. The van der Waals surface area contributed by atoms with Gasteiger partial charge in [-0.3, -0.25) is 4.57 Å². The van der Waals surface area contributed by atoms with Crippen LogP contribution in [0.3, 0.4) is 0 Å². The van der Waals surface area contributed by atoms with Crippen LogP contribution in [0, 0.1) is 0 Å². The average Bonchev–Trinajstić information content (AvgIpc) is 3.47. The summed E-state index contributed by atoms with van der Waals surface area (Å²) in [6.07, 6.45) is 6.18. The smallest absolute Gasteiger partial charge is 0.191 e. The molecule has 0 saturated heterocycles. The lowest BCUT2D eigenvalue weighted by Gasteiger charge is -2.15. The van der Waals surface area contributed by atoms with Crippen LogP contribution in [0.4, 0.5) is 0 Å². The van der Waals surface area contributed by atoms with Crippen molar-refractivity contribution in [2.75, 3.05) is 19.5 Å². The van der Waals surface area contributed by atoms with Gasteiger partial charge in [-0.15, -0.1) is 16.8 Å². The fourth-order valence-electron chi connectivity index (χ4n) is 4.01. The van der Waals surface area contributed by atoms with Crippen molar-refractivity contribution in [3.05, 3.63) is 66.9 Å². The molecular formula is C26H28N4O3S. The van der Waals surface area contributed by atoms with E-state index in [1.807, 2.05) is 42.6 Å². The minimum absolute atomic E-state index is 0.164. The molecule has 0 spiro atoms. The minimum atomic E-state index is -0.663. The number of nitrogens with one attached hydrogen (secondary N) is 1. The van der Waals surface area contributed by atoms with Crippen LogP contribution < -0.4 is 9.47 Å². The van der Waals surface area contributed by atoms with Crippen LogP contribution in [0.2, 0.25) is 0 Å². The number of methoxy groups -OCH3 is 1. The summed E-state index contributed by atoms with van der Waals surface area (Å²) in [5.74, 6) is 2.59. The van der Waals surface area contributed by atoms with Gasteiger partial charge in [0.2, 0.25) is 0 Å². The van der Waals surface area contributed by atoms with E-state index in [-0.39, 0.29) is 6.61 Å². The SMILES string of the molecule is C=CCc1ccc(OCC(O)CSc2nnc(-c3c[nH]c4ccccc34)n2C2CC2)c(OC)c1. The Bertz CT molecular complexity index is 1290. The van der Waals surface area contributed by atoms with Crippen molar-refractivity contribution < 1.29 is 14.6 Å². The van der Waals surface area contributed by atoms with E-state index < -0.39 is 6.10 Å². The molecule has 0 radical (unpaired) electrons. The number of benzene rings is 2. The fourth-order valence-corrected chi connectivity index (χ4v) is 4.92. The number of ether oxygens (including phenoxy) is 2. The third-order valence-corrected chi connectivity index (χ3v) is 6.94. The number of H-pyrrole nitrogens is 1. The number of aromatic amines is 1. The van der Waals surface area contributed by atoms with Crippen molar-refractivity contribution in [1.29, 1.82) is 0 Å². The quantitative estimate of drug-likeness (QED) is 0.233. The van der Waals surface area contributed by atoms with Gasteiger partial charge in [-0.2, -0.15) is 0 Å². The minimum Gasteiger partial charge on any atom is -0.493 e. The summed E-state index contributed by atoms with van der Waals surface area (Å²) < 4.78 is 13.5. The Labute approximate surface area is 202 Å². The fraction of sp³-hybridized carbons (Fsp3) is 0.308. The van der Waals surface area contributed by atoms with Gasteiger partial charge in [0.25, 0.3) is 0 Å². The first-order valence-electron chi connectivity index (χ1n) is 11.4. The Hall–Kier alpha value is -3.23. The maximum absolute atomic E-state index is 10.6. The van der Waals surface area contributed by atoms with E-state index in [2.05, 4.69) is 38.5 Å². The van der Waals surface area contributed by atoms with E-state index in [9.17, 15) is 5.11 Å². The summed E-state index contributed by atoms with van der Waals surface area (Å²) in [5, 5.41) is 21.5. The first-order valence-corrected chi connectivity index (χ1v) is 12.4. The molecule has 0 bridgehead atoms. The summed E-state index contributed by atoms with van der Waals surface area (Å²) in [6, 6.07) is 14.4. The number of aliphatic hydroxyl groups is 1. The van der Waals surface area contributed by atoms with Crippen LogP contribution in [0.15, 0.2) is 66.5 Å². The van der Waals surface area contributed by atoms with E-state index in [0.29, 0.717) is 23.3 Å². The Balaban J connectivity index is 1.26. The number of aromatic nitrogens is 4. The second kappa shape index (κ2) is 9.95. The number of hydrogen-bond donors (Lipinski definition) is 2. The molecule has 2 heterocycles. The van der Waals surface area contributed by atoms with Crippen LogP contribution in [-0.2, 0) is 6.42 Å². The Morgan fingerprint density at radius 1 is 1.24 bits per heavy atom. The van der Waals surface area contributed by atoms with Crippen LogP contribution in [0.1, 0.15) is 24.4 Å². The molecule has 1 aliphatic carbocycles. The number of nitrogens with zero attached hydrogens (tertiary/aromatic N) is 3. The van der Waals surface area contributed by atoms with E-state index in [1.165, 1.54) is 11.8 Å². The summed E-state index contributed by atoms with van der Waals surface area (Å²) in [5.41, 5.74) is 3.23. The standard InChI is InChI=1S/C26H28N4O3S/c1-3-6-17-9-12-23(24(13-17)32-2)33-15-19(31)16-34-26-29-28-25(30(26)18-10-11-18)21-14-27-22-8-5-4-7-20(21)22/h3-5,7-9,12-14,18-19,27,31H,1,6,10-11,15-16H2,2H3. The average molecular weight is 477 g/mol. The van der Waals surface area contributed by atoms with E-state index in [1.54, 1.807) is 7.11 Å². The molecule has 1 atom stereocenters. The molecule has 5 rings (SSSR count). The van der Waals surface area contributed by atoms with E-state index in [4.69, 9.17) is 9.47 Å². The third kappa shape index (κ3) is 4.69. The summed E-state index contributed by atoms with van der Waals surface area (Å²) in [7, 11) is 1.61. The first kappa shape index (κ1) is 22.6. The molecule has 0 aliphatic heterocycles. The molecule has 4 aromatic rings. The molecule has 1 fully saturated rings. The molecule has 2 N–H and O–H groups in total. The topological polar surface area (TPSA) is 85.2 Å². The van der Waals surface area contributed by atoms with Gasteiger partial charge in [0.15, 0.2) is 22.5 Å². The Kier molecular flexibility index (Phi) is 6.60. The van der Waals surface area contributed by atoms with Crippen molar-refractivity contribution in [1.82, 2.24) is 19.7 Å². The zero-order chi connectivity index (χ0) is 23.5. The maximum Gasteiger partial charge on any atom is 0.191 e. The van der Waals surface area contributed by atoms with Crippen molar-refractivity contribution in [3.63, 3.8) is 0 Å². The molecule has 1 aliphatic rings. The Morgan fingerprint density at radius 2 is 2.09 bits per heavy atom. The lowest BCUT2D eigenvalue weighted by atomic mass is 10.1. The highest BCUT2D eigenvalue weighted by Crippen LogP contribution is 2.42. The molecular weight excluding hydrogens is 448 g/mol. The number of hydrogen-bond acceptors (Lipinski definition) is 6. The van der Waals surface area contributed by atoms with Crippen molar-refractivity contribution in [2.24, 2.45) is 0 Å². The number of aliphatic hydroxyl groups excluding tert-OH is 1. The van der Waals surface area contributed by atoms with Crippen LogP contribution in [0.25, 0.3) is 22.3 Å². The van der Waals surface area contributed by atoms with Crippen LogP contribution in [0.5, 0.6) is 11.5 Å². The predicted octanol–water partition coefficient (Wildman–Crippen LogP) is 5.03. The van der Waals surface area contributed by atoms with Crippen molar-refractivity contribution >= 4 is 22.7 Å². The van der Waals surface area contributed by atoms with Crippen molar-refractivity contribution in [3.8, 4) is 22.9 Å². The number of fused-ring (bicyclic) bond motifs is 1. The molecule has 7 nitrogen and oxygen atoms in total. The zero-order valence-corrected chi connectivity index (χ0v) is 19.9. The van der Waals surface area contributed by atoms with Crippen molar-refractivity contribution in [2.45, 2.75) is 36.6 Å². The highest BCUT2D eigenvalue weighted by molar-refractivity contribution is 7.99. The lowest BCUT2D eigenvalue weighted by Crippen LogP contribution is -2.20. The second-order valence-corrected chi connectivity index (χ2v) is 9.40. The molecule has 2 aromatic heterocycles. The third-order valence-electron chi connectivity index (χ3n) is 5.85. The van der Waals surface area contributed by atoms with Gasteiger partial charge >= 0.3 is 0 Å². The zero-order valence-electron chi connectivity index (χ0n) is 19.1. The number of rotatable bonds is 11. The predicted molar refractivity (Wildman–Crippen MR) is 135 cm³/mol. The Morgan fingerprint density at radius 3 is 2.88 bits per heavy atom. The highest BCUT2D eigenvalue weighted by atomic mass is 32.2. The number of thioether (sulfide) groups is 1. The van der Waals surface area contributed by atoms with E-state index in [0.717, 1.165) is 52.3 Å². The van der Waals surface area contributed by atoms with Gasteiger partial charge in [-0.05, 0) is 43.0 Å². The van der Waals surface area contributed by atoms with Gasteiger partial charge < -0.3 is 19.6 Å². The molecule has 1 saturated carbocycles. The number of allylic oxidation sites excluding steroid dienone is 1. The summed E-state index contributed by atoms with van der Waals surface area (Å²) >= 11 is 1.51. The van der Waals surface area contributed by atoms with E-state index >= 15 is 0 Å². The van der Waals surface area contributed by atoms with Gasteiger partial charge in [0, 0.05) is 34.5 Å². The molecule has 176 valence electrons. The van der Waals surface area contributed by atoms with Gasteiger partial charge in [-0.25, -0.2) is 0 Å². The van der Waals surface area contributed by atoms with Crippen LogP contribution in [-0.4, -0.2) is 50.4 Å². The second-order valence-electron chi connectivity index (χ2n) is 8.41. The lowest BCUT2D eigenvalue weighted by molar-refractivity contribution is 0.124. The molecule has 1 unspecified atom stereocenters. The van der Waals surface area contributed by atoms with Gasteiger partial charge in [0.1, 0.15) is 6.61 Å². The van der Waals surface area contributed by atoms with Gasteiger partial charge in [0.05, 0.1) is 13.2 Å². The summed E-state index contributed by atoms with van der Waals surface area (Å²) in [6.45, 7) is 3.93. The molecule has 34 heavy (non-hydrogen) atoms. The largest absolute Gasteiger partial charge is 0.493 e. The van der Waals surface area contributed by atoms with Gasteiger partial charge in [-0.1, -0.05) is 42.1 Å². The first-order chi connectivity index (χ1) is 16.7.